The second-order valence-electron chi connectivity index (χ2n) is 5.25. The van der Waals surface area contributed by atoms with E-state index < -0.39 is 5.97 Å². The van der Waals surface area contributed by atoms with Gasteiger partial charge >= 0.3 is 5.97 Å². The Morgan fingerprint density at radius 2 is 1.84 bits per heavy atom. The number of para-hydroxylation sites is 1. The third-order valence-electron chi connectivity index (χ3n) is 3.05. The van der Waals surface area contributed by atoms with Crippen molar-refractivity contribution < 1.29 is 14.6 Å². The molecule has 0 bridgehead atoms. The number of carbonyl (C=O) groups is 1. The molecule has 0 saturated heterocycles. The Bertz CT molecular complexity index is 385. The molecule has 1 rings (SSSR count). The van der Waals surface area contributed by atoms with Crippen LogP contribution in [0.25, 0.3) is 0 Å². The lowest BCUT2D eigenvalue weighted by Gasteiger charge is -2.09. The van der Waals surface area contributed by atoms with E-state index >= 15 is 0 Å². The van der Waals surface area contributed by atoms with Gasteiger partial charge in [0.1, 0.15) is 11.3 Å². The SMILES string of the molecule is CC(C)CCCCCCOc1ccccc1C(=O)O. The zero-order chi connectivity index (χ0) is 14.1. The van der Waals surface area contributed by atoms with Gasteiger partial charge in [0.05, 0.1) is 6.61 Å². The lowest BCUT2D eigenvalue weighted by molar-refractivity contribution is 0.0692. The lowest BCUT2D eigenvalue weighted by atomic mass is 10.0. The predicted octanol–water partition coefficient (Wildman–Crippen LogP) is 4.37. The summed E-state index contributed by atoms with van der Waals surface area (Å²) in [5.41, 5.74) is 0.238. The van der Waals surface area contributed by atoms with E-state index in [2.05, 4.69) is 13.8 Å². The largest absolute Gasteiger partial charge is 0.493 e. The zero-order valence-electron chi connectivity index (χ0n) is 11.9. The molecular weight excluding hydrogens is 240 g/mol. The molecule has 0 spiro atoms. The van der Waals surface area contributed by atoms with Crippen LogP contribution in [0.2, 0.25) is 0 Å². The molecule has 0 aliphatic heterocycles. The topological polar surface area (TPSA) is 46.5 Å². The van der Waals surface area contributed by atoms with Crippen molar-refractivity contribution in [1.29, 1.82) is 0 Å². The molecular formula is C16H24O3. The van der Waals surface area contributed by atoms with Crippen LogP contribution in [0, 0.1) is 5.92 Å². The quantitative estimate of drug-likeness (QED) is 0.674. The number of ether oxygens (including phenoxy) is 1. The molecule has 1 aromatic rings. The average Bonchev–Trinajstić information content (AvgIpc) is 2.37. The molecule has 3 heteroatoms. The summed E-state index contributed by atoms with van der Waals surface area (Å²) in [4.78, 5) is 11.0. The summed E-state index contributed by atoms with van der Waals surface area (Å²) in [6.45, 7) is 5.07. The average molecular weight is 264 g/mol. The summed E-state index contributed by atoms with van der Waals surface area (Å²) in [5.74, 6) is 0.309. The number of carboxylic acids is 1. The second kappa shape index (κ2) is 8.57. The van der Waals surface area contributed by atoms with Crippen LogP contribution in [0.4, 0.5) is 0 Å². The third-order valence-corrected chi connectivity index (χ3v) is 3.05. The maximum absolute atomic E-state index is 11.0. The number of hydrogen-bond donors (Lipinski definition) is 1. The molecule has 0 aliphatic rings. The molecule has 1 N–H and O–H groups in total. The number of carboxylic acid groups (broad SMARTS) is 1. The van der Waals surface area contributed by atoms with Crippen molar-refractivity contribution in [1.82, 2.24) is 0 Å². The zero-order valence-corrected chi connectivity index (χ0v) is 11.9. The Balaban J connectivity index is 2.21. The minimum Gasteiger partial charge on any atom is -0.493 e. The molecule has 0 fully saturated rings. The van der Waals surface area contributed by atoms with Crippen LogP contribution in [0.15, 0.2) is 24.3 Å². The van der Waals surface area contributed by atoms with Gasteiger partial charge in [0.25, 0.3) is 0 Å². The fourth-order valence-electron chi connectivity index (χ4n) is 1.96. The molecule has 0 amide bonds. The number of unbranched alkanes of at least 4 members (excludes halogenated alkanes) is 3. The maximum atomic E-state index is 11.0. The number of hydrogen-bond acceptors (Lipinski definition) is 2. The van der Waals surface area contributed by atoms with Crippen molar-refractivity contribution in [2.45, 2.75) is 46.0 Å². The van der Waals surface area contributed by atoms with E-state index in [0.29, 0.717) is 12.4 Å². The molecule has 19 heavy (non-hydrogen) atoms. The van der Waals surface area contributed by atoms with Gasteiger partial charge < -0.3 is 9.84 Å². The Kier molecular flexibility index (Phi) is 7.01. The molecule has 0 unspecified atom stereocenters. The summed E-state index contributed by atoms with van der Waals surface area (Å²) < 4.78 is 5.55. The molecule has 0 radical (unpaired) electrons. The first-order valence-corrected chi connectivity index (χ1v) is 7.06. The van der Waals surface area contributed by atoms with Crippen molar-refractivity contribution in [3.63, 3.8) is 0 Å². The van der Waals surface area contributed by atoms with Gasteiger partial charge in [0.15, 0.2) is 0 Å². The van der Waals surface area contributed by atoms with Gasteiger partial charge in [0, 0.05) is 0 Å². The summed E-state index contributed by atoms with van der Waals surface area (Å²) in [6, 6.07) is 6.79. The predicted molar refractivity (Wildman–Crippen MR) is 76.8 cm³/mol. The highest BCUT2D eigenvalue weighted by Gasteiger charge is 2.09. The first-order valence-electron chi connectivity index (χ1n) is 7.06. The molecule has 0 atom stereocenters. The first-order chi connectivity index (χ1) is 9.11. The van der Waals surface area contributed by atoms with Crippen LogP contribution in [-0.4, -0.2) is 17.7 Å². The molecule has 3 nitrogen and oxygen atoms in total. The van der Waals surface area contributed by atoms with Crippen molar-refractivity contribution >= 4 is 5.97 Å². The Morgan fingerprint density at radius 3 is 2.53 bits per heavy atom. The fourth-order valence-corrected chi connectivity index (χ4v) is 1.96. The highest BCUT2D eigenvalue weighted by molar-refractivity contribution is 5.90. The molecule has 0 aliphatic carbocycles. The standard InChI is InChI=1S/C16H24O3/c1-13(2)9-5-3-4-8-12-19-15-11-7-6-10-14(15)16(17)18/h6-7,10-11,13H,3-5,8-9,12H2,1-2H3,(H,17,18). The highest BCUT2D eigenvalue weighted by Crippen LogP contribution is 2.18. The highest BCUT2D eigenvalue weighted by atomic mass is 16.5. The van der Waals surface area contributed by atoms with Gasteiger partial charge in [-0.25, -0.2) is 4.79 Å². The van der Waals surface area contributed by atoms with Gasteiger partial charge in [-0.05, 0) is 24.5 Å². The number of aromatic carboxylic acids is 1. The molecule has 0 heterocycles. The second-order valence-corrected chi connectivity index (χ2v) is 5.25. The maximum Gasteiger partial charge on any atom is 0.339 e. The first kappa shape index (κ1) is 15.5. The summed E-state index contributed by atoms with van der Waals surface area (Å²) in [5, 5.41) is 9.01. The summed E-state index contributed by atoms with van der Waals surface area (Å²) >= 11 is 0. The number of benzene rings is 1. The van der Waals surface area contributed by atoms with Crippen LogP contribution < -0.4 is 4.74 Å². The van der Waals surface area contributed by atoms with E-state index in [9.17, 15) is 4.79 Å². The van der Waals surface area contributed by atoms with Crippen LogP contribution >= 0.6 is 0 Å². The van der Waals surface area contributed by atoms with E-state index in [0.717, 1.165) is 18.8 Å². The molecule has 0 aromatic heterocycles. The minimum atomic E-state index is -0.937. The molecule has 0 saturated carbocycles. The van der Waals surface area contributed by atoms with Crippen LogP contribution in [0.3, 0.4) is 0 Å². The molecule has 106 valence electrons. The van der Waals surface area contributed by atoms with Gasteiger partial charge in [-0.3, -0.25) is 0 Å². The number of rotatable bonds is 9. The lowest BCUT2D eigenvalue weighted by Crippen LogP contribution is -2.04. The smallest absolute Gasteiger partial charge is 0.339 e. The van der Waals surface area contributed by atoms with E-state index in [1.54, 1.807) is 24.3 Å². The van der Waals surface area contributed by atoms with Gasteiger partial charge in [0.2, 0.25) is 0 Å². The Morgan fingerprint density at radius 1 is 1.16 bits per heavy atom. The van der Waals surface area contributed by atoms with Gasteiger partial charge in [-0.2, -0.15) is 0 Å². The van der Waals surface area contributed by atoms with Crippen LogP contribution in [0.1, 0.15) is 56.3 Å². The summed E-state index contributed by atoms with van der Waals surface area (Å²) in [7, 11) is 0. The van der Waals surface area contributed by atoms with Crippen molar-refractivity contribution in [2.75, 3.05) is 6.61 Å². The summed E-state index contributed by atoms with van der Waals surface area (Å²) in [6.07, 6.45) is 5.89. The van der Waals surface area contributed by atoms with Gasteiger partial charge in [-0.15, -0.1) is 0 Å². The van der Waals surface area contributed by atoms with E-state index in [1.807, 2.05) is 0 Å². The normalized spacial score (nSPS) is 10.7. The fraction of sp³-hybridized carbons (Fsp3) is 0.562. The van der Waals surface area contributed by atoms with Crippen molar-refractivity contribution in [2.24, 2.45) is 5.92 Å². The van der Waals surface area contributed by atoms with E-state index in [-0.39, 0.29) is 5.56 Å². The van der Waals surface area contributed by atoms with Crippen LogP contribution in [-0.2, 0) is 0 Å². The monoisotopic (exact) mass is 264 g/mol. The molecule has 1 aromatic carbocycles. The minimum absolute atomic E-state index is 0.238. The van der Waals surface area contributed by atoms with Crippen molar-refractivity contribution in [3.8, 4) is 5.75 Å². The van der Waals surface area contributed by atoms with Crippen LogP contribution in [0.5, 0.6) is 5.75 Å². The van der Waals surface area contributed by atoms with Gasteiger partial charge in [-0.1, -0.05) is 51.7 Å². The van der Waals surface area contributed by atoms with E-state index in [1.165, 1.54) is 19.3 Å². The Hall–Kier alpha value is -1.51. The third kappa shape index (κ3) is 6.27. The Labute approximate surface area is 115 Å². The van der Waals surface area contributed by atoms with Crippen molar-refractivity contribution in [3.05, 3.63) is 29.8 Å². The van der Waals surface area contributed by atoms with E-state index in [4.69, 9.17) is 9.84 Å².